The molecule has 1 unspecified atom stereocenters. The van der Waals surface area contributed by atoms with Crippen molar-refractivity contribution in [1.82, 2.24) is 4.57 Å². The van der Waals surface area contributed by atoms with Crippen LogP contribution < -0.4 is 9.96 Å². The quantitative estimate of drug-likeness (QED) is 0.540. The predicted molar refractivity (Wildman–Crippen MR) is 97.1 cm³/mol. The summed E-state index contributed by atoms with van der Waals surface area (Å²) in [6.45, 7) is 3.14. The Labute approximate surface area is 154 Å². The van der Waals surface area contributed by atoms with Crippen LogP contribution in [0.4, 0.5) is 10.5 Å². The lowest BCUT2D eigenvalue weighted by molar-refractivity contribution is -0.991. The second-order valence-corrected chi connectivity index (χ2v) is 5.72. The lowest BCUT2D eigenvalue weighted by Crippen LogP contribution is -2.99. The van der Waals surface area contributed by atoms with Crippen LogP contribution in [0.5, 0.6) is 5.75 Å². The summed E-state index contributed by atoms with van der Waals surface area (Å²) in [7, 11) is 0. The standard InChI is InChI=1S/C19H18N2O6/c1-3-26-19(23)27-18-15-10-9-14(21(24)25)11-16(15)20(12(2)22)17(18)13-7-5-4-6-8-13/h4-11,21,24H,3H2,1-2H3. The summed E-state index contributed by atoms with van der Waals surface area (Å²) >= 11 is 0. The van der Waals surface area contributed by atoms with E-state index in [-0.39, 0.29) is 24.0 Å². The fourth-order valence-corrected chi connectivity index (χ4v) is 2.91. The first-order valence-corrected chi connectivity index (χ1v) is 8.26. The van der Waals surface area contributed by atoms with E-state index < -0.39 is 11.4 Å². The molecule has 3 aromatic rings. The van der Waals surface area contributed by atoms with Gasteiger partial charge < -0.3 is 14.7 Å². The highest BCUT2D eigenvalue weighted by Crippen LogP contribution is 2.41. The lowest BCUT2D eigenvalue weighted by atomic mass is 10.1. The van der Waals surface area contributed by atoms with Crippen molar-refractivity contribution in [3.8, 4) is 17.0 Å². The third kappa shape index (κ3) is 3.54. The molecule has 140 valence electrons. The van der Waals surface area contributed by atoms with Crippen molar-refractivity contribution in [3.05, 3.63) is 53.7 Å². The van der Waals surface area contributed by atoms with Crippen molar-refractivity contribution in [1.29, 1.82) is 0 Å². The Bertz CT molecular complexity index is 994. The van der Waals surface area contributed by atoms with Crippen molar-refractivity contribution >= 4 is 28.7 Å². The minimum absolute atomic E-state index is 0.0183. The van der Waals surface area contributed by atoms with Gasteiger partial charge >= 0.3 is 6.16 Å². The van der Waals surface area contributed by atoms with Gasteiger partial charge in [0.05, 0.1) is 17.8 Å². The number of hydrogen-bond acceptors (Lipinski definition) is 6. The molecule has 8 heteroatoms. The first kappa shape index (κ1) is 18.6. The van der Waals surface area contributed by atoms with Gasteiger partial charge in [-0.3, -0.25) is 9.36 Å². The number of carbonyl (C=O) groups is 2. The smallest absolute Gasteiger partial charge is 0.513 e. The molecule has 1 aromatic heterocycles. The molecular weight excluding hydrogens is 352 g/mol. The van der Waals surface area contributed by atoms with E-state index >= 15 is 0 Å². The normalized spacial score (nSPS) is 12.0. The Morgan fingerprint density at radius 2 is 1.89 bits per heavy atom. The van der Waals surface area contributed by atoms with Crippen LogP contribution in [0, 0.1) is 5.21 Å². The summed E-state index contributed by atoms with van der Waals surface area (Å²) in [5.74, 6) is -0.207. The maximum Gasteiger partial charge on any atom is 0.513 e. The molecular formula is C19H18N2O6. The van der Waals surface area contributed by atoms with Crippen molar-refractivity contribution in [2.24, 2.45) is 0 Å². The van der Waals surface area contributed by atoms with Crippen LogP contribution in [0.2, 0.25) is 0 Å². The number of quaternary nitrogens is 1. The molecule has 8 nitrogen and oxygen atoms in total. The van der Waals surface area contributed by atoms with E-state index in [4.69, 9.17) is 9.47 Å². The molecule has 0 aliphatic rings. The molecule has 0 bridgehead atoms. The maximum absolute atomic E-state index is 12.4. The van der Waals surface area contributed by atoms with Crippen LogP contribution in [0.15, 0.2) is 48.5 Å². The number of rotatable bonds is 4. The van der Waals surface area contributed by atoms with Crippen LogP contribution in [-0.4, -0.2) is 28.4 Å². The average Bonchev–Trinajstić information content (AvgIpc) is 2.96. The van der Waals surface area contributed by atoms with Crippen LogP contribution in [0.1, 0.15) is 18.6 Å². The average molecular weight is 370 g/mol. The fourth-order valence-electron chi connectivity index (χ4n) is 2.91. The summed E-state index contributed by atoms with van der Waals surface area (Å²) in [6.07, 6.45) is -0.903. The molecule has 0 radical (unpaired) electrons. The van der Waals surface area contributed by atoms with Crippen LogP contribution in [0.25, 0.3) is 22.2 Å². The summed E-state index contributed by atoms with van der Waals surface area (Å²) in [5.41, 5.74) is 1.35. The Morgan fingerprint density at radius 3 is 2.48 bits per heavy atom. The first-order chi connectivity index (χ1) is 12.9. The Kier molecular flexibility index (Phi) is 5.22. The van der Waals surface area contributed by atoms with E-state index in [0.29, 0.717) is 22.2 Å². The molecule has 0 spiro atoms. The molecule has 1 heterocycles. The summed E-state index contributed by atoms with van der Waals surface area (Å²) in [5, 5.41) is 19.9. The Morgan fingerprint density at radius 1 is 1.19 bits per heavy atom. The summed E-state index contributed by atoms with van der Waals surface area (Å²) < 4.78 is 11.6. The number of nitrogens with one attached hydrogen (secondary N) is 1. The van der Waals surface area contributed by atoms with Crippen molar-refractivity contribution < 1.29 is 29.5 Å². The zero-order valence-corrected chi connectivity index (χ0v) is 14.8. The van der Waals surface area contributed by atoms with Crippen molar-refractivity contribution in [2.45, 2.75) is 13.8 Å². The van der Waals surface area contributed by atoms with Gasteiger partial charge in [-0.25, -0.2) is 10.0 Å². The van der Waals surface area contributed by atoms with Gasteiger partial charge in [-0.05, 0) is 13.0 Å². The minimum atomic E-state index is -1.12. The number of hydrogen-bond donors (Lipinski definition) is 2. The van der Waals surface area contributed by atoms with Crippen LogP contribution in [-0.2, 0) is 4.74 Å². The van der Waals surface area contributed by atoms with E-state index in [1.165, 1.54) is 29.7 Å². The van der Waals surface area contributed by atoms with Crippen LogP contribution >= 0.6 is 0 Å². The topological polar surface area (TPSA) is 105 Å². The molecule has 3 rings (SSSR count). The second kappa shape index (κ2) is 7.58. The SMILES string of the molecule is CCOC(=O)Oc1c(-c2ccccc2)n(C(C)=O)c2cc([NH+]([O-])O)ccc12. The molecule has 0 amide bonds. The fraction of sp³-hybridized carbons (Fsp3) is 0.158. The summed E-state index contributed by atoms with van der Waals surface area (Å²) in [4.78, 5) is 24.4. The van der Waals surface area contributed by atoms with Crippen LogP contribution in [0.3, 0.4) is 0 Å². The van der Waals surface area contributed by atoms with E-state index in [1.807, 2.05) is 6.07 Å². The number of aromatic nitrogens is 1. The largest absolute Gasteiger partial charge is 0.595 e. The molecule has 27 heavy (non-hydrogen) atoms. The molecule has 0 saturated heterocycles. The van der Waals surface area contributed by atoms with Gasteiger partial charge in [-0.1, -0.05) is 30.3 Å². The van der Waals surface area contributed by atoms with Gasteiger partial charge in [0.1, 0.15) is 0 Å². The van der Waals surface area contributed by atoms with Gasteiger partial charge in [0.25, 0.3) is 0 Å². The molecule has 1 atom stereocenters. The third-order valence-electron chi connectivity index (χ3n) is 3.98. The molecule has 2 N–H and O–H groups in total. The molecule has 2 aromatic carbocycles. The second-order valence-electron chi connectivity index (χ2n) is 5.72. The van der Waals surface area contributed by atoms with Crippen molar-refractivity contribution in [2.75, 3.05) is 6.61 Å². The minimum Gasteiger partial charge on any atom is -0.595 e. The maximum atomic E-state index is 12.4. The van der Waals surface area contributed by atoms with E-state index in [0.717, 1.165) is 0 Å². The van der Waals surface area contributed by atoms with Gasteiger partial charge in [-0.2, -0.15) is 5.23 Å². The number of benzene rings is 2. The van der Waals surface area contributed by atoms with Crippen molar-refractivity contribution in [3.63, 3.8) is 0 Å². The van der Waals surface area contributed by atoms with E-state index in [1.54, 1.807) is 31.2 Å². The van der Waals surface area contributed by atoms with Gasteiger partial charge in [0.15, 0.2) is 11.4 Å². The molecule has 0 aliphatic heterocycles. The molecule has 0 fully saturated rings. The van der Waals surface area contributed by atoms with E-state index in [9.17, 15) is 20.0 Å². The molecule has 0 aliphatic carbocycles. The van der Waals surface area contributed by atoms with Gasteiger partial charge in [-0.15, -0.1) is 0 Å². The Balaban J connectivity index is 2.35. The highest BCUT2D eigenvalue weighted by molar-refractivity contribution is 6.04. The zero-order chi connectivity index (χ0) is 19.6. The molecule has 0 saturated carbocycles. The van der Waals surface area contributed by atoms with E-state index in [2.05, 4.69) is 0 Å². The highest BCUT2D eigenvalue weighted by atomic mass is 16.8. The number of carbonyl (C=O) groups excluding carboxylic acids is 2. The predicted octanol–water partition coefficient (Wildman–Crippen LogP) is 2.91. The Hall–Kier alpha value is -3.20. The summed E-state index contributed by atoms with van der Waals surface area (Å²) in [6, 6.07) is 13.2. The van der Waals surface area contributed by atoms with Gasteiger partial charge in [0.2, 0.25) is 5.91 Å². The number of fused-ring (bicyclic) bond motifs is 1. The highest BCUT2D eigenvalue weighted by Gasteiger charge is 2.25. The lowest BCUT2D eigenvalue weighted by Gasteiger charge is -2.12. The first-order valence-electron chi connectivity index (χ1n) is 8.26. The third-order valence-corrected chi connectivity index (χ3v) is 3.98. The number of ether oxygens (including phenoxy) is 2. The zero-order valence-electron chi connectivity index (χ0n) is 14.8. The monoisotopic (exact) mass is 370 g/mol. The van der Waals surface area contributed by atoms with Gasteiger partial charge in [0, 0.05) is 30.0 Å². The number of nitrogens with zero attached hydrogens (tertiary/aromatic N) is 1.